The van der Waals surface area contributed by atoms with E-state index in [1.165, 1.54) is 5.40 Å². The first kappa shape index (κ1) is 17.4. The third kappa shape index (κ3) is 3.98. The summed E-state index contributed by atoms with van der Waals surface area (Å²) in [5.41, 5.74) is 5.27. The molecule has 0 bridgehead atoms. The summed E-state index contributed by atoms with van der Waals surface area (Å²) in [6, 6.07) is 30.6. The van der Waals surface area contributed by atoms with Crippen molar-refractivity contribution < 1.29 is 5.43 Å². The highest BCUT2D eigenvalue weighted by Crippen LogP contribution is 2.22. The Morgan fingerprint density at radius 1 is 0.769 bits per heavy atom. The van der Waals surface area contributed by atoms with Crippen molar-refractivity contribution in [3.63, 3.8) is 0 Å². The maximum atomic E-state index is 7.13. The second-order valence-electron chi connectivity index (χ2n) is 5.38. The normalized spacial score (nSPS) is 12.7. The van der Waals surface area contributed by atoms with Crippen LogP contribution < -0.4 is 15.7 Å². The minimum atomic E-state index is 0.943. The van der Waals surface area contributed by atoms with E-state index in [1.807, 2.05) is 59.7 Å². The first-order valence-electron chi connectivity index (χ1n) is 8.03. The zero-order chi connectivity index (χ0) is 18.2. The van der Waals surface area contributed by atoms with Crippen LogP contribution in [0.15, 0.2) is 96.1 Å². The number of quaternary nitrogens is 1. The van der Waals surface area contributed by atoms with Gasteiger partial charge in [0.1, 0.15) is 5.69 Å². The first-order chi connectivity index (χ1) is 12.8. The lowest BCUT2D eigenvalue weighted by molar-refractivity contribution is -0.545. The lowest BCUT2D eigenvalue weighted by atomic mass is 10.2. The summed E-state index contributed by atoms with van der Waals surface area (Å²) in [6.07, 6.45) is 0. The van der Waals surface area contributed by atoms with Gasteiger partial charge in [-0.3, -0.25) is 0 Å². The molecule has 0 spiro atoms. The fourth-order valence-corrected chi connectivity index (χ4v) is 2.60. The molecule has 3 aromatic carbocycles. The molecule has 5 nitrogen and oxygen atoms in total. The topological polar surface area (TPSA) is 59.2 Å². The predicted octanol–water partition coefficient (Wildman–Crippen LogP) is 2.78. The highest BCUT2D eigenvalue weighted by atomic mass is 32.1. The summed E-state index contributed by atoms with van der Waals surface area (Å²) >= 11 is 3.70. The fraction of sp³-hybridized carbons (Fsp3) is 0. The number of rotatable bonds is 3. The predicted molar refractivity (Wildman–Crippen MR) is 106 cm³/mol. The zero-order valence-corrected chi connectivity index (χ0v) is 14.8. The third-order valence-corrected chi connectivity index (χ3v) is 3.73. The quantitative estimate of drug-likeness (QED) is 0.444. The average molecular weight is 359 g/mol. The van der Waals surface area contributed by atoms with Crippen molar-refractivity contribution in [2.24, 2.45) is 5.10 Å². The Morgan fingerprint density at radius 3 is 1.77 bits per heavy atom. The molecule has 6 heteroatoms. The van der Waals surface area contributed by atoms with Crippen LogP contribution in [0.4, 0.5) is 11.4 Å². The lowest BCUT2D eigenvalue weighted by Crippen LogP contribution is -2.96. The number of hydrazine groups is 1. The highest BCUT2D eigenvalue weighted by molar-refractivity contribution is 7.64. The van der Waals surface area contributed by atoms with E-state index < -0.39 is 0 Å². The maximum Gasteiger partial charge on any atom is 0.277 e. The van der Waals surface area contributed by atoms with E-state index in [9.17, 15) is 0 Å². The van der Waals surface area contributed by atoms with E-state index in [0.717, 1.165) is 22.8 Å². The molecule has 0 saturated heterocycles. The maximum absolute atomic E-state index is 7.13. The van der Waals surface area contributed by atoms with Crippen LogP contribution >= 0.6 is 0 Å². The van der Waals surface area contributed by atoms with Gasteiger partial charge in [-0.05, 0) is 36.4 Å². The second kappa shape index (κ2) is 8.62. The number of anilines is 2. The van der Waals surface area contributed by atoms with Crippen LogP contribution in [0.1, 0.15) is 5.56 Å². The third-order valence-electron chi connectivity index (χ3n) is 3.73. The van der Waals surface area contributed by atoms with E-state index >= 15 is 0 Å². The number of benzene rings is 3. The summed E-state index contributed by atoms with van der Waals surface area (Å²) in [5.74, 6) is 0.943. The van der Waals surface area contributed by atoms with Gasteiger partial charge in [0, 0.05) is 0 Å². The summed E-state index contributed by atoms with van der Waals surface area (Å²) in [5, 5.41) is 17.3. The largest absolute Gasteiger partial charge is 0.696 e. The van der Waals surface area contributed by atoms with Gasteiger partial charge < -0.3 is 12.6 Å². The van der Waals surface area contributed by atoms with Crippen molar-refractivity contribution >= 4 is 29.8 Å². The van der Waals surface area contributed by atoms with Gasteiger partial charge in [0.05, 0.1) is 11.3 Å². The monoisotopic (exact) mass is 359 g/mol. The molecule has 0 atom stereocenters. The van der Waals surface area contributed by atoms with Gasteiger partial charge in [-0.1, -0.05) is 65.1 Å². The van der Waals surface area contributed by atoms with Crippen molar-refractivity contribution in [2.45, 2.75) is 0 Å². The number of thiocyanates is 1. The molecule has 2 N–H and O–H groups in total. The summed E-state index contributed by atoms with van der Waals surface area (Å²) in [4.78, 5) is 0. The van der Waals surface area contributed by atoms with Crippen molar-refractivity contribution in [3.8, 4) is 5.40 Å². The van der Waals surface area contributed by atoms with Crippen molar-refractivity contribution in [1.82, 2.24) is 0 Å². The van der Waals surface area contributed by atoms with Gasteiger partial charge in [-0.25, -0.2) is 5.26 Å². The first-order valence-corrected chi connectivity index (χ1v) is 8.44. The molecule has 26 heavy (non-hydrogen) atoms. The SMILES string of the molecule is N#C[S-].c1ccc(C2=NN(c3ccccc3)N(c3ccccc3)[NH2+]2)cc1. The standard InChI is InChI=1S/C19H16N4.CHNS/c1-4-10-16(11-5-1)19-20-22(17-12-6-2-7-13-17)23(21-19)18-14-8-3-9-15-18;2-1-3/h1-15H,(H,20,21);3H. The number of para-hydroxylation sites is 2. The van der Waals surface area contributed by atoms with Crippen molar-refractivity contribution in [3.05, 3.63) is 96.6 Å². The van der Waals surface area contributed by atoms with Crippen LogP contribution in [-0.2, 0) is 12.6 Å². The van der Waals surface area contributed by atoms with Crippen LogP contribution in [-0.4, -0.2) is 5.84 Å². The number of nitriles is 1. The van der Waals surface area contributed by atoms with Gasteiger partial charge in [-0.15, -0.1) is 10.2 Å². The summed E-state index contributed by atoms with van der Waals surface area (Å²) in [7, 11) is 0. The van der Waals surface area contributed by atoms with E-state index in [-0.39, 0.29) is 0 Å². The molecule has 0 amide bonds. The number of nitrogens with two attached hydrogens (primary N) is 1. The van der Waals surface area contributed by atoms with Crippen molar-refractivity contribution in [1.29, 1.82) is 5.26 Å². The number of amidine groups is 1. The Labute approximate surface area is 158 Å². The molecular formula is C20H17N5S. The Morgan fingerprint density at radius 2 is 1.23 bits per heavy atom. The smallest absolute Gasteiger partial charge is 0.277 e. The Kier molecular flexibility index (Phi) is 5.78. The van der Waals surface area contributed by atoms with Crippen LogP contribution in [0.5, 0.6) is 0 Å². The van der Waals surface area contributed by atoms with E-state index in [0.29, 0.717) is 0 Å². The molecule has 1 heterocycles. The molecule has 0 aromatic heterocycles. The molecule has 0 fully saturated rings. The molecule has 0 unspecified atom stereocenters. The van der Waals surface area contributed by atoms with Crippen LogP contribution in [0.2, 0.25) is 0 Å². The molecule has 0 radical (unpaired) electrons. The minimum Gasteiger partial charge on any atom is -0.696 e. The summed E-state index contributed by atoms with van der Waals surface area (Å²) < 4.78 is 0. The molecule has 4 rings (SSSR count). The molecule has 128 valence electrons. The number of nitrogens with zero attached hydrogens (tertiary/aromatic N) is 4. The van der Waals surface area contributed by atoms with Crippen LogP contribution in [0.3, 0.4) is 0 Å². The Bertz CT molecular complexity index is 892. The number of hydrazone groups is 1. The summed E-state index contributed by atoms with van der Waals surface area (Å²) in [6.45, 7) is 0. The fourth-order valence-electron chi connectivity index (χ4n) is 2.60. The van der Waals surface area contributed by atoms with Gasteiger partial charge >= 0.3 is 0 Å². The molecule has 1 aliphatic rings. The van der Waals surface area contributed by atoms with Crippen LogP contribution in [0.25, 0.3) is 0 Å². The van der Waals surface area contributed by atoms with E-state index in [4.69, 9.17) is 10.4 Å². The van der Waals surface area contributed by atoms with Crippen LogP contribution in [0, 0.1) is 10.7 Å². The molecular weight excluding hydrogens is 342 g/mol. The number of hydrogen-bond acceptors (Lipinski definition) is 5. The number of hydrogen-bond donors (Lipinski definition) is 1. The van der Waals surface area contributed by atoms with Gasteiger partial charge in [0.25, 0.3) is 5.84 Å². The van der Waals surface area contributed by atoms with E-state index in [2.05, 4.69) is 59.6 Å². The van der Waals surface area contributed by atoms with Crippen molar-refractivity contribution in [2.75, 3.05) is 10.2 Å². The van der Waals surface area contributed by atoms with Gasteiger partial charge in [0.2, 0.25) is 0 Å². The zero-order valence-electron chi connectivity index (χ0n) is 13.9. The molecule has 1 aliphatic heterocycles. The van der Waals surface area contributed by atoms with E-state index in [1.54, 1.807) is 0 Å². The lowest BCUT2D eigenvalue weighted by Gasteiger charge is -2.23. The van der Waals surface area contributed by atoms with Gasteiger partial charge in [0.15, 0.2) is 0 Å². The second-order valence-corrected chi connectivity index (χ2v) is 5.56. The average Bonchev–Trinajstić information content (AvgIpc) is 3.16. The molecule has 0 saturated carbocycles. The highest BCUT2D eigenvalue weighted by Gasteiger charge is 2.30. The Balaban J connectivity index is 0.000000613. The molecule has 0 aliphatic carbocycles. The minimum absolute atomic E-state index is 0.943. The Hall–Kier alpha value is -3.40. The van der Waals surface area contributed by atoms with Gasteiger partial charge in [-0.2, -0.15) is 5.43 Å². The molecule has 3 aromatic rings.